The highest BCUT2D eigenvalue weighted by molar-refractivity contribution is 5.67. The molecule has 3 aliphatic carbocycles. The summed E-state index contributed by atoms with van der Waals surface area (Å²) >= 11 is 0. The second-order valence-corrected chi connectivity index (χ2v) is 5.29. The van der Waals surface area contributed by atoms with Gasteiger partial charge in [0.25, 0.3) is 0 Å². The molecule has 0 bridgehead atoms. The molecule has 0 unspecified atom stereocenters. The third-order valence-corrected chi connectivity index (χ3v) is 4.07. The smallest absolute Gasteiger partial charge is 0.00852 e. The van der Waals surface area contributed by atoms with Gasteiger partial charge < -0.3 is 0 Å². The monoisotopic (exact) mass is 196 g/mol. The van der Waals surface area contributed by atoms with Gasteiger partial charge in [-0.2, -0.15) is 0 Å². The fourth-order valence-electron chi connectivity index (χ4n) is 2.95. The van der Waals surface area contributed by atoms with Gasteiger partial charge in [-0.3, -0.25) is 0 Å². The van der Waals surface area contributed by atoms with E-state index in [4.69, 9.17) is 0 Å². The standard InChI is InChI=1S/C15H16/c1-2-14-12(10-4-5-10)8-9-13(11-6-7-11)15(14)3-1/h1-2,8-11H,3-7H2. The van der Waals surface area contributed by atoms with Gasteiger partial charge >= 0.3 is 0 Å². The molecule has 1 aromatic carbocycles. The van der Waals surface area contributed by atoms with Crippen LogP contribution in [-0.2, 0) is 6.42 Å². The predicted octanol–water partition coefficient (Wildman–Crippen LogP) is 4.01. The third kappa shape index (κ3) is 1.20. The fourth-order valence-corrected chi connectivity index (χ4v) is 2.95. The molecule has 0 N–H and O–H groups in total. The second kappa shape index (κ2) is 2.75. The number of allylic oxidation sites excluding steroid dienone is 1. The number of benzene rings is 1. The van der Waals surface area contributed by atoms with Crippen molar-refractivity contribution in [2.75, 3.05) is 0 Å². The second-order valence-electron chi connectivity index (χ2n) is 5.29. The maximum Gasteiger partial charge on any atom is -0.00852 e. The van der Waals surface area contributed by atoms with Gasteiger partial charge in [-0.05, 0) is 66.2 Å². The number of hydrogen-bond acceptors (Lipinski definition) is 0. The molecule has 2 fully saturated rings. The Morgan fingerprint density at radius 2 is 1.53 bits per heavy atom. The van der Waals surface area contributed by atoms with Crippen molar-refractivity contribution in [2.24, 2.45) is 0 Å². The number of rotatable bonds is 2. The van der Waals surface area contributed by atoms with Gasteiger partial charge in [0.05, 0.1) is 0 Å². The lowest BCUT2D eigenvalue weighted by Crippen LogP contribution is -1.95. The van der Waals surface area contributed by atoms with Gasteiger partial charge in [0.2, 0.25) is 0 Å². The minimum absolute atomic E-state index is 0.898. The molecule has 0 saturated heterocycles. The Morgan fingerprint density at radius 3 is 2.27 bits per heavy atom. The van der Waals surface area contributed by atoms with Crippen LogP contribution in [0.3, 0.4) is 0 Å². The topological polar surface area (TPSA) is 0 Å². The van der Waals surface area contributed by atoms with Crippen LogP contribution in [0.4, 0.5) is 0 Å². The summed E-state index contributed by atoms with van der Waals surface area (Å²) < 4.78 is 0. The van der Waals surface area contributed by atoms with Crippen LogP contribution in [0.5, 0.6) is 0 Å². The molecule has 15 heavy (non-hydrogen) atoms. The van der Waals surface area contributed by atoms with E-state index < -0.39 is 0 Å². The van der Waals surface area contributed by atoms with Gasteiger partial charge in [0, 0.05) is 0 Å². The lowest BCUT2D eigenvalue weighted by atomic mass is 9.93. The van der Waals surface area contributed by atoms with E-state index in [1.165, 1.54) is 32.1 Å². The predicted molar refractivity (Wildman–Crippen MR) is 63.1 cm³/mol. The molecule has 1 aromatic rings. The van der Waals surface area contributed by atoms with E-state index in [9.17, 15) is 0 Å². The SMILES string of the molecule is C1=Cc2c(C3CC3)ccc(C3CC3)c2C1. The van der Waals surface area contributed by atoms with Crippen LogP contribution in [0.15, 0.2) is 18.2 Å². The molecule has 4 rings (SSSR count). The highest BCUT2D eigenvalue weighted by atomic mass is 14.4. The average Bonchev–Trinajstić information content (AvgIpc) is 3.13. The Bertz CT molecular complexity index is 445. The van der Waals surface area contributed by atoms with Gasteiger partial charge in [-0.1, -0.05) is 24.3 Å². The van der Waals surface area contributed by atoms with E-state index in [0.717, 1.165) is 11.8 Å². The fraction of sp³-hybridized carbons (Fsp3) is 0.467. The normalized spacial score (nSPS) is 23.2. The van der Waals surface area contributed by atoms with Crippen molar-refractivity contribution in [1.82, 2.24) is 0 Å². The molecule has 0 radical (unpaired) electrons. The Labute approximate surface area is 91.0 Å². The Kier molecular flexibility index (Phi) is 1.49. The molecule has 3 aliphatic rings. The molecule has 0 aliphatic heterocycles. The van der Waals surface area contributed by atoms with Crippen molar-refractivity contribution in [1.29, 1.82) is 0 Å². The minimum atomic E-state index is 0.898. The Hall–Kier alpha value is -1.04. The van der Waals surface area contributed by atoms with Crippen LogP contribution in [0.2, 0.25) is 0 Å². The van der Waals surface area contributed by atoms with Gasteiger partial charge in [-0.25, -0.2) is 0 Å². The molecular formula is C15H16. The summed E-state index contributed by atoms with van der Waals surface area (Å²) in [5.74, 6) is 1.81. The molecule has 0 spiro atoms. The van der Waals surface area contributed by atoms with E-state index in [1.54, 1.807) is 22.3 Å². The van der Waals surface area contributed by atoms with Crippen LogP contribution in [0.1, 0.15) is 59.8 Å². The molecular weight excluding hydrogens is 180 g/mol. The number of hydrogen-bond donors (Lipinski definition) is 0. The van der Waals surface area contributed by atoms with Crippen molar-refractivity contribution < 1.29 is 0 Å². The lowest BCUT2D eigenvalue weighted by molar-refractivity contribution is 1.04. The third-order valence-electron chi connectivity index (χ3n) is 4.07. The van der Waals surface area contributed by atoms with E-state index >= 15 is 0 Å². The molecule has 0 heterocycles. The molecule has 2 saturated carbocycles. The first kappa shape index (κ1) is 8.15. The van der Waals surface area contributed by atoms with Crippen LogP contribution < -0.4 is 0 Å². The zero-order valence-corrected chi connectivity index (χ0v) is 9.00. The summed E-state index contributed by atoms with van der Waals surface area (Å²) in [7, 11) is 0. The quantitative estimate of drug-likeness (QED) is 0.670. The summed E-state index contributed by atoms with van der Waals surface area (Å²) in [5, 5.41) is 0. The first-order chi connectivity index (χ1) is 7.43. The summed E-state index contributed by atoms with van der Waals surface area (Å²) in [6.45, 7) is 0. The van der Waals surface area contributed by atoms with Crippen molar-refractivity contribution in [2.45, 2.75) is 43.9 Å². The first-order valence-corrected chi connectivity index (χ1v) is 6.25. The van der Waals surface area contributed by atoms with Crippen molar-refractivity contribution in [3.63, 3.8) is 0 Å². The minimum Gasteiger partial charge on any atom is -0.0795 e. The van der Waals surface area contributed by atoms with E-state index in [2.05, 4.69) is 24.3 Å². The van der Waals surface area contributed by atoms with Gasteiger partial charge in [-0.15, -0.1) is 0 Å². The highest BCUT2D eigenvalue weighted by Gasteiger charge is 2.31. The molecule has 76 valence electrons. The van der Waals surface area contributed by atoms with Crippen LogP contribution in [-0.4, -0.2) is 0 Å². The summed E-state index contributed by atoms with van der Waals surface area (Å²) in [4.78, 5) is 0. The summed E-state index contributed by atoms with van der Waals surface area (Å²) in [6, 6.07) is 4.84. The molecule has 0 heteroatoms. The molecule has 0 nitrogen and oxygen atoms in total. The van der Waals surface area contributed by atoms with Crippen LogP contribution in [0, 0.1) is 0 Å². The highest BCUT2D eigenvalue weighted by Crippen LogP contribution is 2.48. The van der Waals surface area contributed by atoms with Crippen molar-refractivity contribution >= 4 is 6.08 Å². The van der Waals surface area contributed by atoms with Crippen LogP contribution in [0.25, 0.3) is 6.08 Å². The average molecular weight is 196 g/mol. The maximum absolute atomic E-state index is 2.43. The lowest BCUT2D eigenvalue weighted by Gasteiger charge is -2.11. The van der Waals surface area contributed by atoms with E-state index in [1.807, 2.05) is 0 Å². The first-order valence-electron chi connectivity index (χ1n) is 6.25. The Morgan fingerprint density at radius 1 is 0.867 bits per heavy atom. The molecule has 0 atom stereocenters. The van der Waals surface area contributed by atoms with Crippen molar-refractivity contribution in [3.05, 3.63) is 40.5 Å². The molecule has 0 aromatic heterocycles. The zero-order chi connectivity index (χ0) is 9.83. The van der Waals surface area contributed by atoms with E-state index in [0.29, 0.717) is 0 Å². The largest absolute Gasteiger partial charge is 0.0795 e. The van der Waals surface area contributed by atoms with Gasteiger partial charge in [0.15, 0.2) is 0 Å². The number of fused-ring (bicyclic) bond motifs is 1. The van der Waals surface area contributed by atoms with Crippen molar-refractivity contribution in [3.8, 4) is 0 Å². The Balaban J connectivity index is 1.88. The summed E-state index contributed by atoms with van der Waals surface area (Å²) in [6.07, 6.45) is 11.6. The zero-order valence-electron chi connectivity index (χ0n) is 9.00. The van der Waals surface area contributed by atoms with Crippen LogP contribution >= 0.6 is 0 Å². The van der Waals surface area contributed by atoms with E-state index in [-0.39, 0.29) is 0 Å². The maximum atomic E-state index is 2.43. The summed E-state index contributed by atoms with van der Waals surface area (Å²) in [5.41, 5.74) is 6.58. The molecule has 0 amide bonds. The van der Waals surface area contributed by atoms with Gasteiger partial charge in [0.1, 0.15) is 0 Å².